The maximum absolute atomic E-state index is 13.1. The summed E-state index contributed by atoms with van der Waals surface area (Å²) in [6.45, 7) is 1.33. The fourth-order valence-corrected chi connectivity index (χ4v) is 5.13. The molecular weight excluding hydrogens is 418 g/mol. The number of nitrogens with zero attached hydrogens (tertiary/aromatic N) is 2. The van der Waals surface area contributed by atoms with Gasteiger partial charge in [0.05, 0.1) is 22.9 Å². The number of carbonyl (C=O) groups excluding carboxylic acids is 4. The summed E-state index contributed by atoms with van der Waals surface area (Å²) in [5.41, 5.74) is 2.27. The third-order valence-corrected chi connectivity index (χ3v) is 6.74. The fourth-order valence-electron chi connectivity index (χ4n) is 4.37. The Bertz CT molecular complexity index is 1090. The third kappa shape index (κ3) is 3.51. The molecule has 9 nitrogen and oxygen atoms in total. The summed E-state index contributed by atoms with van der Waals surface area (Å²) in [6.07, 6.45) is 2.45. The number of nitrogens with one attached hydrogen (secondary N) is 3. The van der Waals surface area contributed by atoms with Crippen LogP contribution in [0.2, 0.25) is 0 Å². The first-order chi connectivity index (χ1) is 15.0. The largest absolute Gasteiger partial charge is 0.357 e. The first kappa shape index (κ1) is 19.8. The van der Waals surface area contributed by atoms with E-state index in [1.165, 1.54) is 11.3 Å². The Hall–Kier alpha value is -3.11. The second-order valence-electron chi connectivity index (χ2n) is 7.87. The van der Waals surface area contributed by atoms with Crippen molar-refractivity contribution in [3.05, 3.63) is 46.0 Å². The SMILES string of the molecule is O=C1CCC(N2C(=O)c3cccc(CNc4nc([C@H]5CCCN5)cs4)c3C2=O)C(=O)N1. The van der Waals surface area contributed by atoms with E-state index in [0.29, 0.717) is 17.7 Å². The number of rotatable bonds is 5. The molecule has 4 amide bonds. The van der Waals surface area contributed by atoms with Crippen molar-refractivity contribution < 1.29 is 19.2 Å². The van der Waals surface area contributed by atoms with E-state index in [2.05, 4.69) is 20.9 Å². The zero-order valence-corrected chi connectivity index (χ0v) is 17.5. The monoisotopic (exact) mass is 439 g/mol. The van der Waals surface area contributed by atoms with Gasteiger partial charge in [0.25, 0.3) is 11.8 Å². The second kappa shape index (κ2) is 7.86. The van der Waals surface area contributed by atoms with E-state index >= 15 is 0 Å². The summed E-state index contributed by atoms with van der Waals surface area (Å²) in [7, 11) is 0. The van der Waals surface area contributed by atoms with Crippen LogP contribution in [0.25, 0.3) is 0 Å². The minimum Gasteiger partial charge on any atom is -0.357 e. The molecule has 2 saturated heterocycles. The Morgan fingerprint density at radius 2 is 2.03 bits per heavy atom. The molecule has 3 aliphatic heterocycles. The summed E-state index contributed by atoms with van der Waals surface area (Å²) in [5.74, 6) is -2.00. The first-order valence-corrected chi connectivity index (χ1v) is 11.2. The van der Waals surface area contributed by atoms with Gasteiger partial charge in [0.15, 0.2) is 5.13 Å². The molecule has 2 aromatic rings. The number of hydrogen-bond acceptors (Lipinski definition) is 8. The topological polar surface area (TPSA) is 120 Å². The van der Waals surface area contributed by atoms with Gasteiger partial charge in [0.2, 0.25) is 11.8 Å². The Kier molecular flexibility index (Phi) is 5.03. The lowest BCUT2D eigenvalue weighted by molar-refractivity contribution is -0.136. The van der Waals surface area contributed by atoms with Gasteiger partial charge >= 0.3 is 0 Å². The van der Waals surface area contributed by atoms with E-state index in [1.807, 2.05) is 5.38 Å². The van der Waals surface area contributed by atoms with Gasteiger partial charge in [0.1, 0.15) is 6.04 Å². The molecule has 3 aliphatic rings. The van der Waals surface area contributed by atoms with Gasteiger partial charge in [-0.05, 0) is 37.4 Å². The molecule has 0 saturated carbocycles. The molecule has 5 rings (SSSR count). The summed E-state index contributed by atoms with van der Waals surface area (Å²) >= 11 is 1.50. The van der Waals surface area contributed by atoms with E-state index < -0.39 is 29.7 Å². The van der Waals surface area contributed by atoms with Gasteiger partial charge in [-0.25, -0.2) is 4.98 Å². The number of hydrogen-bond donors (Lipinski definition) is 3. The number of anilines is 1. The normalized spacial score (nSPS) is 23.3. The van der Waals surface area contributed by atoms with Crippen LogP contribution in [0.3, 0.4) is 0 Å². The van der Waals surface area contributed by atoms with Gasteiger partial charge in [-0.3, -0.25) is 29.4 Å². The van der Waals surface area contributed by atoms with Gasteiger partial charge in [-0.1, -0.05) is 12.1 Å². The molecule has 31 heavy (non-hydrogen) atoms. The number of aromatic nitrogens is 1. The average molecular weight is 439 g/mol. The van der Waals surface area contributed by atoms with Crippen LogP contribution in [0.5, 0.6) is 0 Å². The van der Waals surface area contributed by atoms with Gasteiger partial charge < -0.3 is 10.6 Å². The molecule has 0 radical (unpaired) electrons. The molecule has 1 unspecified atom stereocenters. The van der Waals surface area contributed by atoms with Crippen molar-refractivity contribution in [2.75, 3.05) is 11.9 Å². The lowest BCUT2D eigenvalue weighted by Gasteiger charge is -2.27. The highest BCUT2D eigenvalue weighted by molar-refractivity contribution is 7.13. The number of amides is 4. The van der Waals surface area contributed by atoms with Crippen molar-refractivity contribution in [1.82, 2.24) is 20.5 Å². The van der Waals surface area contributed by atoms with E-state index in [1.54, 1.807) is 18.2 Å². The lowest BCUT2D eigenvalue weighted by Crippen LogP contribution is -2.54. The molecule has 0 spiro atoms. The zero-order chi connectivity index (χ0) is 21.5. The number of carbonyl (C=O) groups is 4. The predicted octanol–water partition coefficient (Wildman–Crippen LogP) is 1.58. The zero-order valence-electron chi connectivity index (χ0n) is 16.6. The number of piperidine rings is 1. The highest BCUT2D eigenvalue weighted by atomic mass is 32.1. The summed E-state index contributed by atoms with van der Waals surface area (Å²) < 4.78 is 0. The summed E-state index contributed by atoms with van der Waals surface area (Å²) in [5, 5.41) is 11.7. The van der Waals surface area contributed by atoms with Crippen LogP contribution < -0.4 is 16.0 Å². The van der Waals surface area contributed by atoms with E-state index in [4.69, 9.17) is 0 Å². The van der Waals surface area contributed by atoms with E-state index in [0.717, 1.165) is 35.1 Å². The highest BCUT2D eigenvalue weighted by Gasteiger charge is 2.45. The van der Waals surface area contributed by atoms with Crippen molar-refractivity contribution in [1.29, 1.82) is 0 Å². The van der Waals surface area contributed by atoms with Crippen molar-refractivity contribution >= 4 is 40.1 Å². The predicted molar refractivity (Wildman–Crippen MR) is 113 cm³/mol. The third-order valence-electron chi connectivity index (χ3n) is 5.92. The summed E-state index contributed by atoms with van der Waals surface area (Å²) in [6, 6.07) is 4.43. The smallest absolute Gasteiger partial charge is 0.262 e. The van der Waals surface area contributed by atoms with Crippen molar-refractivity contribution in [2.24, 2.45) is 0 Å². The molecular formula is C21H21N5O4S. The van der Waals surface area contributed by atoms with E-state index in [9.17, 15) is 19.2 Å². The molecule has 3 N–H and O–H groups in total. The van der Waals surface area contributed by atoms with E-state index in [-0.39, 0.29) is 24.4 Å². The molecule has 2 fully saturated rings. The Morgan fingerprint density at radius 3 is 2.81 bits per heavy atom. The highest BCUT2D eigenvalue weighted by Crippen LogP contribution is 2.31. The molecule has 0 bridgehead atoms. The van der Waals surface area contributed by atoms with Crippen LogP contribution in [-0.4, -0.2) is 46.1 Å². The fraction of sp³-hybridized carbons (Fsp3) is 0.381. The Labute approximate surface area is 182 Å². The second-order valence-corrected chi connectivity index (χ2v) is 8.73. The number of thiazole rings is 1. The van der Waals surface area contributed by atoms with Crippen molar-refractivity contribution in [3.63, 3.8) is 0 Å². The molecule has 2 atom stereocenters. The molecule has 1 aromatic carbocycles. The van der Waals surface area contributed by atoms with Gasteiger partial charge in [-0.15, -0.1) is 11.3 Å². The molecule has 10 heteroatoms. The number of benzene rings is 1. The maximum Gasteiger partial charge on any atom is 0.262 e. The molecule has 0 aliphatic carbocycles. The number of imide groups is 2. The maximum atomic E-state index is 13.1. The van der Waals surface area contributed by atoms with Crippen LogP contribution in [-0.2, 0) is 16.1 Å². The van der Waals surface area contributed by atoms with Crippen molar-refractivity contribution in [2.45, 2.75) is 44.3 Å². The quantitative estimate of drug-likeness (QED) is 0.605. The lowest BCUT2D eigenvalue weighted by atomic mass is 10.0. The Balaban J connectivity index is 1.34. The number of fused-ring (bicyclic) bond motifs is 1. The first-order valence-electron chi connectivity index (χ1n) is 10.3. The van der Waals surface area contributed by atoms with Gasteiger partial charge in [0, 0.05) is 18.3 Å². The van der Waals surface area contributed by atoms with Crippen LogP contribution in [0.4, 0.5) is 5.13 Å². The molecule has 4 heterocycles. The van der Waals surface area contributed by atoms with Crippen LogP contribution in [0.15, 0.2) is 23.6 Å². The minimum absolute atomic E-state index is 0.0977. The minimum atomic E-state index is -0.966. The van der Waals surface area contributed by atoms with Crippen LogP contribution in [0, 0.1) is 0 Å². The molecule has 160 valence electrons. The molecule has 1 aromatic heterocycles. The average Bonchev–Trinajstić information content (AvgIpc) is 3.49. The summed E-state index contributed by atoms with van der Waals surface area (Å²) in [4.78, 5) is 55.4. The van der Waals surface area contributed by atoms with Crippen LogP contribution in [0.1, 0.15) is 63.7 Å². The Morgan fingerprint density at radius 1 is 1.16 bits per heavy atom. The van der Waals surface area contributed by atoms with Crippen LogP contribution >= 0.6 is 11.3 Å². The van der Waals surface area contributed by atoms with Crippen molar-refractivity contribution in [3.8, 4) is 0 Å². The standard InChI is InChI=1S/C21H21N5O4S/c27-16-7-6-15(18(28)25-16)26-19(29)12-4-1-3-11(17(12)20(26)30)9-23-21-24-14(10-31-21)13-5-2-8-22-13/h1,3-4,10,13,15,22H,2,5-9H2,(H,23,24)(H,25,27,28)/t13-,15?/m1/s1. The van der Waals surface area contributed by atoms with Gasteiger partial charge in [-0.2, -0.15) is 0 Å².